The number of aromatic nitrogens is 2. The van der Waals surface area contributed by atoms with E-state index >= 15 is 0 Å². The van der Waals surface area contributed by atoms with Gasteiger partial charge in [-0.2, -0.15) is 11.8 Å². The first-order valence-electron chi connectivity index (χ1n) is 32.9. The number of unbranched alkanes of at least 4 members (excludes halogenated alkanes) is 8. The number of aromatic amines is 1. The molecule has 1 heterocycles. The van der Waals surface area contributed by atoms with Crippen molar-refractivity contribution in [2.24, 2.45) is 45.8 Å². The fourth-order valence-corrected chi connectivity index (χ4v) is 10.2. The van der Waals surface area contributed by atoms with E-state index < -0.39 is 150 Å². The molecule has 0 saturated heterocycles. The Labute approximate surface area is 554 Å². The number of nitrogens with one attached hydrogen (secondary N) is 10. The lowest BCUT2D eigenvalue weighted by molar-refractivity contribution is -0.140. The van der Waals surface area contributed by atoms with Gasteiger partial charge in [-0.3, -0.25) is 68.4 Å². The lowest BCUT2D eigenvalue weighted by Gasteiger charge is -2.27. The van der Waals surface area contributed by atoms with Crippen LogP contribution in [0.5, 0.6) is 0 Å². The van der Waals surface area contributed by atoms with Crippen LogP contribution < -0.4 is 71.0 Å². The van der Waals surface area contributed by atoms with Gasteiger partial charge in [0.25, 0.3) is 0 Å². The molecule has 1 rings (SSSR count). The number of Topliss-reactive ketones (excluding diaryl/α,β-unsaturated/α-hetero) is 4. The predicted molar refractivity (Wildman–Crippen MR) is 359 cm³/mol. The number of hydrogen-bond acceptors (Lipinski definition) is 19. The summed E-state index contributed by atoms with van der Waals surface area (Å²) in [5.74, 6) is -4.89. The number of aliphatic imine (C=N–C) groups is 1. The van der Waals surface area contributed by atoms with Gasteiger partial charge >= 0.3 is 5.97 Å². The number of H-pyrrole nitrogens is 1. The second-order valence-electron chi connectivity index (χ2n) is 24.5. The van der Waals surface area contributed by atoms with Crippen molar-refractivity contribution in [3.8, 4) is 0 Å². The molecule has 0 radical (unpaired) electrons. The van der Waals surface area contributed by atoms with Crippen molar-refractivity contribution in [2.75, 3.05) is 31.6 Å². The monoisotopic (exact) mass is 1330 g/mol. The summed E-state index contributed by atoms with van der Waals surface area (Å²) in [5.41, 5.74) is 19.2. The van der Waals surface area contributed by atoms with Gasteiger partial charge in [0.1, 0.15) is 30.2 Å². The van der Waals surface area contributed by atoms with Crippen molar-refractivity contribution in [1.29, 1.82) is 0 Å². The highest BCUT2D eigenvalue weighted by molar-refractivity contribution is 7.98. The van der Waals surface area contributed by atoms with Crippen LogP contribution in [0.3, 0.4) is 0 Å². The topological polar surface area (TPSA) is 478 Å². The quantitative estimate of drug-likeness (QED) is 0.0110. The number of nitrogens with two attached hydrogens (primary N) is 4. The van der Waals surface area contributed by atoms with E-state index in [1.807, 2.05) is 27.7 Å². The van der Waals surface area contributed by atoms with Gasteiger partial charge in [-0.05, 0) is 101 Å². The number of hydrazine groups is 1. The fourth-order valence-electron chi connectivity index (χ4n) is 9.68. The Hall–Kier alpha value is -6.89. The molecule has 0 fully saturated rings. The van der Waals surface area contributed by atoms with Crippen LogP contribution in [0.4, 0.5) is 0 Å². The van der Waals surface area contributed by atoms with Gasteiger partial charge in [0.15, 0.2) is 5.96 Å². The molecule has 29 nitrogen and oxygen atoms in total. The summed E-state index contributed by atoms with van der Waals surface area (Å²) in [7, 11) is 0. The Balaban J connectivity index is 0.00000985. The summed E-state index contributed by atoms with van der Waals surface area (Å²) < 4.78 is 0. The highest BCUT2D eigenvalue weighted by Crippen LogP contribution is 2.15. The van der Waals surface area contributed by atoms with Gasteiger partial charge in [0.2, 0.25) is 64.5 Å². The van der Waals surface area contributed by atoms with Gasteiger partial charge in [-0.15, -0.1) is 0 Å². The molecule has 30 heteroatoms. The highest BCUT2D eigenvalue weighted by Gasteiger charge is 2.37. The zero-order valence-electron chi connectivity index (χ0n) is 57.0. The smallest absolute Gasteiger partial charge is 0.303 e. The molecule has 0 bridgehead atoms. The molecule has 0 aromatic carbocycles. The predicted octanol–water partition coefficient (Wildman–Crippen LogP) is 1.54. The van der Waals surface area contributed by atoms with Crippen molar-refractivity contribution >= 4 is 88.2 Å². The minimum atomic E-state index is -1.51. The molecule has 0 saturated carbocycles. The summed E-state index contributed by atoms with van der Waals surface area (Å²) in [5, 5.41) is 31.1. The third kappa shape index (κ3) is 38.2. The number of carbonyl (C=O) groups excluding carboxylic acids is 11. The molecule has 1 aromatic heterocycles. The third-order valence-electron chi connectivity index (χ3n) is 14.8. The molecule has 0 aliphatic rings. The first-order valence-corrected chi connectivity index (χ1v) is 34.3. The maximum absolute atomic E-state index is 14.1. The Bertz CT molecular complexity index is 2470. The van der Waals surface area contributed by atoms with Crippen LogP contribution in [-0.2, 0) is 64.0 Å². The Morgan fingerprint density at radius 3 is 1.61 bits per heavy atom. The number of amides is 7. The summed E-state index contributed by atoms with van der Waals surface area (Å²) in [6.07, 6.45) is 14.1. The van der Waals surface area contributed by atoms with Crippen molar-refractivity contribution < 1.29 is 62.6 Å². The second kappa shape index (κ2) is 49.7. The fraction of sp³-hybridized carbons (Fsp3) is 0.746. The Morgan fingerprint density at radius 1 is 0.570 bits per heavy atom. The van der Waals surface area contributed by atoms with Gasteiger partial charge in [-0.1, -0.05) is 114 Å². The third-order valence-corrected chi connectivity index (χ3v) is 15.5. The number of aliphatic carboxylic acids is 1. The van der Waals surface area contributed by atoms with Crippen LogP contribution in [0.25, 0.3) is 0 Å². The molecule has 530 valence electrons. The number of carboxylic acid groups (broad SMARTS) is 1. The van der Waals surface area contributed by atoms with E-state index in [1.165, 1.54) is 69.7 Å². The summed E-state index contributed by atoms with van der Waals surface area (Å²) >= 11 is 1.39. The molecule has 1 aromatic rings. The van der Waals surface area contributed by atoms with E-state index in [4.69, 9.17) is 23.0 Å². The minimum Gasteiger partial charge on any atom is -0.481 e. The zero-order valence-corrected chi connectivity index (χ0v) is 57.8. The van der Waals surface area contributed by atoms with Crippen LogP contribution in [0.1, 0.15) is 197 Å². The number of hydrogen-bond donors (Lipinski definition) is 15. The normalized spacial score (nSPS) is 14.1. The van der Waals surface area contributed by atoms with Crippen molar-refractivity contribution in [3.05, 3.63) is 18.2 Å². The lowest BCUT2D eigenvalue weighted by atomic mass is 9.93. The van der Waals surface area contributed by atoms with E-state index in [9.17, 15) is 62.6 Å². The molecule has 9 atom stereocenters. The maximum atomic E-state index is 14.1. The highest BCUT2D eigenvalue weighted by atomic mass is 32.2. The van der Waals surface area contributed by atoms with Gasteiger partial charge in [0, 0.05) is 37.7 Å². The standard InChI is InChI=1S/C55H96N16O13S.C8H18/c1-10-61-33(8)46(76)47(77)35(20-23-85-9)65-50(80)36(16-15-22-63-55(57)58)66-51(81)37(18-19-44(74)75)67-54(84)45(32(6)7)70-43(73)17-13-11-12-14-21-62-38(24-30(2)3)48(78)49(79)39(26-34-28-60-29-64-34)68-52(82)40(27-42(56)72)69-53(83)41(71-59)25-31(4)5;1-3-5-7-8-6-4-2/h28-33,35-41,45,61-62,71H,10-27,59H2,1-9H3,(H2,56,72)(H,60,64)(H,65,80)(H,66,81)(H,67,84)(H,68,82)(H,69,83)(H,70,73)(H,74,75)(H4,57,58,63);3-8H2,1-2H3/t33?,35?,36-,37?,38-,39-,40?,41-,45-;/m0./s1. The van der Waals surface area contributed by atoms with Crippen LogP contribution in [-0.4, -0.2) is 178 Å². The van der Waals surface area contributed by atoms with Crippen molar-refractivity contribution in [1.82, 2.24) is 57.9 Å². The molecule has 93 heavy (non-hydrogen) atoms. The van der Waals surface area contributed by atoms with E-state index in [1.54, 1.807) is 27.0 Å². The Morgan fingerprint density at radius 2 is 1.09 bits per heavy atom. The number of guanidine groups is 1. The van der Waals surface area contributed by atoms with Crippen molar-refractivity contribution in [3.63, 3.8) is 0 Å². The van der Waals surface area contributed by atoms with E-state index in [0.717, 1.165) is 0 Å². The molecule has 0 aliphatic heterocycles. The lowest BCUT2D eigenvalue weighted by Crippen LogP contribution is -2.59. The van der Waals surface area contributed by atoms with E-state index in [2.05, 4.69) is 76.8 Å². The van der Waals surface area contributed by atoms with Gasteiger partial charge in [-0.25, -0.2) is 10.4 Å². The molecule has 4 unspecified atom stereocenters. The number of carboxylic acids is 1. The second-order valence-corrected chi connectivity index (χ2v) is 25.5. The number of nitrogens with zero attached hydrogens (tertiary/aromatic N) is 2. The molecule has 0 aliphatic carbocycles. The number of ketones is 4. The summed E-state index contributed by atoms with van der Waals surface area (Å²) in [6, 6.07) is -10.9. The summed E-state index contributed by atoms with van der Waals surface area (Å²) in [6.45, 7) is 19.4. The van der Waals surface area contributed by atoms with Gasteiger partial charge in [0.05, 0.1) is 36.9 Å². The van der Waals surface area contributed by atoms with E-state index in [0.29, 0.717) is 56.6 Å². The SMILES string of the molecule is CCCCCCCC.CCNC(C)C(=O)C(=O)C(CCSC)NC(=O)[C@H](CCCN=C(N)N)NC(=O)C(CCC(=O)O)NC(=O)[C@@H](NC(=O)CCCCCCN[C@@H](CC(C)C)C(=O)C(=O)[C@H](Cc1cnc[nH]1)NC(=O)C(CC(N)=O)NC(=O)[C@H](CC(C)C)NN)C(C)C. The zero-order chi connectivity index (χ0) is 70.6. The average Bonchev–Trinajstić information content (AvgIpc) is 1.88. The molecule has 0 spiro atoms. The number of thioether (sulfide) groups is 1. The summed E-state index contributed by atoms with van der Waals surface area (Å²) in [4.78, 5) is 171. The van der Waals surface area contributed by atoms with Crippen molar-refractivity contribution in [2.45, 2.75) is 252 Å². The largest absolute Gasteiger partial charge is 0.481 e. The average molecular weight is 1340 g/mol. The number of primary amides is 1. The van der Waals surface area contributed by atoms with Crippen LogP contribution in [0.2, 0.25) is 0 Å². The minimum absolute atomic E-state index is 0.00236. The maximum Gasteiger partial charge on any atom is 0.303 e. The Kier molecular flexibility index (Phi) is 46.0. The first kappa shape index (κ1) is 86.1. The number of carbonyl (C=O) groups is 12. The van der Waals surface area contributed by atoms with Crippen LogP contribution in [0, 0.1) is 17.8 Å². The number of rotatable bonds is 52. The molecular weight excluding hydrogens is 1220 g/mol. The molecular formula is C63H114N16O13S. The molecule has 7 amide bonds. The first-order chi connectivity index (χ1) is 44.0. The number of imidazole rings is 1. The van der Waals surface area contributed by atoms with E-state index in [-0.39, 0.29) is 62.9 Å². The van der Waals surface area contributed by atoms with Crippen LogP contribution >= 0.6 is 11.8 Å². The molecule has 19 N–H and O–H groups in total. The van der Waals surface area contributed by atoms with Crippen LogP contribution in [0.15, 0.2) is 17.5 Å². The van der Waals surface area contributed by atoms with Gasteiger partial charge < -0.3 is 69.8 Å². The number of likely N-dealkylation sites (N-methyl/N-ethyl adjacent to an activating group) is 1.